The lowest BCUT2D eigenvalue weighted by atomic mass is 10.1. The van der Waals surface area contributed by atoms with Gasteiger partial charge in [-0.1, -0.05) is 24.3 Å². The van der Waals surface area contributed by atoms with Crippen molar-refractivity contribution in [3.63, 3.8) is 0 Å². The third-order valence-corrected chi connectivity index (χ3v) is 6.99. The van der Waals surface area contributed by atoms with Crippen molar-refractivity contribution < 1.29 is 22.3 Å². The Hall–Kier alpha value is -3.59. The Kier molecular flexibility index (Phi) is 7.02. The van der Waals surface area contributed by atoms with E-state index in [2.05, 4.69) is 4.72 Å². The summed E-state index contributed by atoms with van der Waals surface area (Å²) in [5.74, 6) is 0.000972. The van der Waals surface area contributed by atoms with Crippen LogP contribution in [0.1, 0.15) is 17.3 Å². The predicted octanol–water partition coefficient (Wildman–Crippen LogP) is 3.99. The number of hydrogen-bond donors (Lipinski definition) is 1. The number of rotatable bonds is 7. The number of piperazine rings is 1. The number of benzene rings is 3. The Labute approximate surface area is 198 Å². The molecule has 3 aromatic carbocycles. The normalized spacial score (nSPS) is 14.1. The second-order valence-electron chi connectivity index (χ2n) is 7.79. The lowest BCUT2D eigenvalue weighted by Crippen LogP contribution is -2.49. The third-order valence-electron chi connectivity index (χ3n) is 5.61. The molecule has 9 heteroatoms. The second kappa shape index (κ2) is 10.1. The van der Waals surface area contributed by atoms with Gasteiger partial charge in [0, 0.05) is 26.2 Å². The second-order valence-corrected chi connectivity index (χ2v) is 9.47. The molecule has 1 fully saturated rings. The molecule has 0 unspecified atom stereocenters. The van der Waals surface area contributed by atoms with Crippen LogP contribution in [-0.4, -0.2) is 52.0 Å². The fraction of sp³-hybridized carbons (Fsp3) is 0.240. The number of halogens is 1. The number of nitrogens with zero attached hydrogens (tertiary/aromatic N) is 2. The number of carbonyl (C=O) groups is 1. The zero-order valence-corrected chi connectivity index (χ0v) is 19.6. The lowest BCUT2D eigenvalue weighted by Gasteiger charge is -2.36. The first kappa shape index (κ1) is 23.6. The van der Waals surface area contributed by atoms with Gasteiger partial charge in [0.25, 0.3) is 15.9 Å². The first-order valence-electron chi connectivity index (χ1n) is 11.0. The van der Waals surface area contributed by atoms with Gasteiger partial charge in [0.2, 0.25) is 0 Å². The van der Waals surface area contributed by atoms with Gasteiger partial charge in [0.05, 0.1) is 28.4 Å². The number of sulfonamides is 1. The van der Waals surface area contributed by atoms with Crippen molar-refractivity contribution in [2.75, 3.05) is 42.4 Å². The van der Waals surface area contributed by atoms with E-state index in [0.29, 0.717) is 44.2 Å². The molecule has 1 aliphatic heterocycles. The average molecular weight is 484 g/mol. The maximum atomic E-state index is 14.1. The first-order valence-corrected chi connectivity index (χ1v) is 12.5. The molecular formula is C25H26FN3O4S. The summed E-state index contributed by atoms with van der Waals surface area (Å²) in [4.78, 5) is 16.9. The van der Waals surface area contributed by atoms with E-state index in [0.717, 1.165) is 0 Å². The summed E-state index contributed by atoms with van der Waals surface area (Å²) < 4.78 is 47.9. The van der Waals surface area contributed by atoms with Crippen molar-refractivity contribution in [3.8, 4) is 5.75 Å². The molecule has 0 spiro atoms. The predicted molar refractivity (Wildman–Crippen MR) is 129 cm³/mol. The first-order chi connectivity index (χ1) is 16.4. The minimum Gasteiger partial charge on any atom is -0.494 e. The van der Waals surface area contributed by atoms with Crippen molar-refractivity contribution in [2.24, 2.45) is 0 Å². The molecular weight excluding hydrogens is 457 g/mol. The van der Waals surface area contributed by atoms with Crippen LogP contribution in [0.25, 0.3) is 0 Å². The molecule has 0 aromatic heterocycles. The van der Waals surface area contributed by atoms with Crippen LogP contribution in [0, 0.1) is 5.82 Å². The minimum absolute atomic E-state index is 0.0664. The number of ether oxygens (including phenoxy) is 1. The molecule has 1 amide bonds. The van der Waals surface area contributed by atoms with E-state index in [-0.39, 0.29) is 27.9 Å². The zero-order chi connectivity index (χ0) is 24.1. The summed E-state index contributed by atoms with van der Waals surface area (Å²) in [6.07, 6.45) is 0. The summed E-state index contributed by atoms with van der Waals surface area (Å²) in [5, 5.41) is 0. The van der Waals surface area contributed by atoms with Crippen LogP contribution in [0.2, 0.25) is 0 Å². The molecule has 178 valence electrons. The van der Waals surface area contributed by atoms with Crippen LogP contribution in [-0.2, 0) is 10.0 Å². The van der Waals surface area contributed by atoms with Gasteiger partial charge in [-0.15, -0.1) is 0 Å². The Bertz CT molecular complexity index is 1260. The number of amides is 1. The highest BCUT2D eigenvalue weighted by Crippen LogP contribution is 2.25. The molecule has 1 heterocycles. The fourth-order valence-electron chi connectivity index (χ4n) is 3.87. The highest BCUT2D eigenvalue weighted by Gasteiger charge is 2.26. The van der Waals surface area contributed by atoms with E-state index in [1.54, 1.807) is 59.5 Å². The molecule has 3 aromatic rings. The van der Waals surface area contributed by atoms with E-state index < -0.39 is 10.0 Å². The average Bonchev–Trinajstić information content (AvgIpc) is 2.85. The summed E-state index contributed by atoms with van der Waals surface area (Å²) >= 11 is 0. The Morgan fingerprint density at radius 1 is 0.941 bits per heavy atom. The highest BCUT2D eigenvalue weighted by atomic mass is 32.2. The maximum absolute atomic E-state index is 14.1. The minimum atomic E-state index is -3.91. The van der Waals surface area contributed by atoms with Gasteiger partial charge in [0.1, 0.15) is 11.6 Å². The van der Waals surface area contributed by atoms with Crippen molar-refractivity contribution in [3.05, 3.63) is 84.2 Å². The zero-order valence-electron chi connectivity index (χ0n) is 18.8. The van der Waals surface area contributed by atoms with Crippen LogP contribution >= 0.6 is 0 Å². The molecule has 0 bridgehead atoms. The van der Waals surface area contributed by atoms with Crippen LogP contribution in [0.3, 0.4) is 0 Å². The molecule has 1 aliphatic rings. The Morgan fingerprint density at radius 3 is 2.26 bits per heavy atom. The Balaban J connectivity index is 1.48. The SMILES string of the molecule is CCOc1ccc(S(=O)(=O)Nc2ccccc2C(=O)N2CCN(c3ccccc3F)CC2)cc1. The number of anilines is 2. The van der Waals surface area contributed by atoms with E-state index >= 15 is 0 Å². The number of carbonyl (C=O) groups excluding carboxylic acids is 1. The highest BCUT2D eigenvalue weighted by molar-refractivity contribution is 7.92. The van der Waals surface area contributed by atoms with E-state index in [1.807, 2.05) is 11.8 Å². The molecule has 0 saturated carbocycles. The van der Waals surface area contributed by atoms with E-state index in [4.69, 9.17) is 4.74 Å². The van der Waals surface area contributed by atoms with Crippen LogP contribution in [0.4, 0.5) is 15.8 Å². The van der Waals surface area contributed by atoms with Crippen LogP contribution in [0.15, 0.2) is 77.7 Å². The van der Waals surface area contributed by atoms with Crippen molar-refractivity contribution in [1.82, 2.24) is 4.90 Å². The van der Waals surface area contributed by atoms with Gasteiger partial charge < -0.3 is 14.5 Å². The number of nitrogens with one attached hydrogen (secondary N) is 1. The summed E-state index contributed by atoms with van der Waals surface area (Å²) in [6.45, 7) is 4.08. The molecule has 1 saturated heterocycles. The van der Waals surface area contributed by atoms with E-state index in [1.165, 1.54) is 18.2 Å². The van der Waals surface area contributed by atoms with Gasteiger partial charge in [-0.3, -0.25) is 9.52 Å². The van der Waals surface area contributed by atoms with Crippen molar-refractivity contribution in [1.29, 1.82) is 0 Å². The fourth-order valence-corrected chi connectivity index (χ4v) is 4.95. The van der Waals surface area contributed by atoms with Gasteiger partial charge in [-0.25, -0.2) is 12.8 Å². The molecule has 0 aliphatic carbocycles. The standard InChI is InChI=1S/C25H26FN3O4S/c1-2-33-19-11-13-20(14-12-19)34(31,32)27-23-9-5-3-7-21(23)25(30)29-17-15-28(16-18-29)24-10-6-4-8-22(24)26/h3-14,27H,2,15-18H2,1H3. The molecule has 0 radical (unpaired) electrons. The topological polar surface area (TPSA) is 78.9 Å². The van der Waals surface area contributed by atoms with Gasteiger partial charge >= 0.3 is 0 Å². The Morgan fingerprint density at radius 2 is 1.59 bits per heavy atom. The monoisotopic (exact) mass is 483 g/mol. The number of para-hydroxylation sites is 2. The van der Waals surface area contributed by atoms with Gasteiger partial charge in [-0.2, -0.15) is 0 Å². The molecule has 7 nitrogen and oxygen atoms in total. The largest absolute Gasteiger partial charge is 0.494 e. The van der Waals surface area contributed by atoms with Gasteiger partial charge in [0.15, 0.2) is 0 Å². The van der Waals surface area contributed by atoms with Crippen LogP contribution in [0.5, 0.6) is 5.75 Å². The number of hydrogen-bond acceptors (Lipinski definition) is 5. The molecule has 1 N–H and O–H groups in total. The van der Waals surface area contributed by atoms with Crippen molar-refractivity contribution in [2.45, 2.75) is 11.8 Å². The van der Waals surface area contributed by atoms with E-state index in [9.17, 15) is 17.6 Å². The molecule has 0 atom stereocenters. The third kappa shape index (κ3) is 5.14. The quantitative estimate of drug-likeness (QED) is 0.550. The smallest absolute Gasteiger partial charge is 0.261 e. The van der Waals surface area contributed by atoms with Crippen LogP contribution < -0.4 is 14.4 Å². The summed E-state index contributed by atoms with van der Waals surface area (Å²) in [7, 11) is -3.91. The summed E-state index contributed by atoms with van der Waals surface area (Å²) in [6, 6.07) is 19.2. The summed E-state index contributed by atoms with van der Waals surface area (Å²) in [5.41, 5.74) is 0.979. The van der Waals surface area contributed by atoms with Gasteiger partial charge in [-0.05, 0) is 55.5 Å². The molecule has 34 heavy (non-hydrogen) atoms. The molecule has 4 rings (SSSR count). The maximum Gasteiger partial charge on any atom is 0.261 e. The lowest BCUT2D eigenvalue weighted by molar-refractivity contribution is 0.0747. The van der Waals surface area contributed by atoms with Crippen molar-refractivity contribution >= 4 is 27.3 Å².